The summed E-state index contributed by atoms with van der Waals surface area (Å²) in [5, 5.41) is 0.593. The molecule has 0 N–H and O–H groups in total. The van der Waals surface area contributed by atoms with E-state index in [1.807, 2.05) is 0 Å². The minimum atomic E-state index is -4.50. The summed E-state index contributed by atoms with van der Waals surface area (Å²) in [7, 11) is 0. The van der Waals surface area contributed by atoms with Crippen LogP contribution in [0.5, 0.6) is 0 Å². The number of alkyl halides is 3. The molecule has 0 bridgehead atoms. The zero-order chi connectivity index (χ0) is 12.8. The van der Waals surface area contributed by atoms with Gasteiger partial charge in [-0.3, -0.25) is 0 Å². The fourth-order valence-electron chi connectivity index (χ4n) is 1.57. The number of pyridine rings is 1. The summed E-state index contributed by atoms with van der Waals surface area (Å²) >= 11 is 9.06. The van der Waals surface area contributed by atoms with E-state index >= 15 is 0 Å². The van der Waals surface area contributed by atoms with Crippen LogP contribution in [0.15, 0.2) is 22.7 Å². The number of hydrogen-bond acceptors (Lipinski definition) is 1. The quantitative estimate of drug-likeness (QED) is 0.666. The topological polar surface area (TPSA) is 12.9 Å². The number of fused-ring (bicyclic) bond motifs is 1. The number of aromatic nitrogens is 1. The van der Waals surface area contributed by atoms with Crippen LogP contribution in [0.2, 0.25) is 5.02 Å². The van der Waals surface area contributed by atoms with E-state index in [-0.39, 0.29) is 10.5 Å². The van der Waals surface area contributed by atoms with Crippen LogP contribution < -0.4 is 0 Å². The van der Waals surface area contributed by atoms with Gasteiger partial charge in [0.05, 0.1) is 10.5 Å². The van der Waals surface area contributed by atoms with Crippen LogP contribution in [0.25, 0.3) is 10.9 Å². The van der Waals surface area contributed by atoms with E-state index in [2.05, 4.69) is 20.9 Å². The molecule has 1 nitrogen and oxygen atoms in total. The molecule has 0 aliphatic carbocycles. The summed E-state index contributed by atoms with van der Waals surface area (Å²) in [6.07, 6.45) is -4.50. The molecule has 0 spiro atoms. The Morgan fingerprint density at radius 3 is 2.53 bits per heavy atom. The van der Waals surface area contributed by atoms with Gasteiger partial charge in [-0.05, 0) is 40.5 Å². The Bertz CT molecular complexity index is 595. The van der Waals surface area contributed by atoms with Crippen molar-refractivity contribution in [1.82, 2.24) is 4.98 Å². The van der Waals surface area contributed by atoms with Crippen LogP contribution in [-0.4, -0.2) is 4.98 Å². The van der Waals surface area contributed by atoms with Gasteiger partial charge in [0.1, 0.15) is 5.69 Å². The number of aryl methyl sites for hydroxylation is 1. The van der Waals surface area contributed by atoms with Crippen LogP contribution in [0.1, 0.15) is 11.3 Å². The molecular weight excluding hydrogens is 318 g/mol. The molecule has 0 radical (unpaired) electrons. The summed E-state index contributed by atoms with van der Waals surface area (Å²) in [5.41, 5.74) is 0.0283. The molecule has 1 aromatic heterocycles. The highest BCUT2D eigenvalue weighted by atomic mass is 79.9. The minimum absolute atomic E-state index is 0.0566. The second kappa shape index (κ2) is 4.14. The Morgan fingerprint density at radius 1 is 1.29 bits per heavy atom. The molecule has 0 aliphatic heterocycles. The number of halogens is 5. The zero-order valence-electron chi connectivity index (χ0n) is 8.57. The Morgan fingerprint density at radius 2 is 1.94 bits per heavy atom. The van der Waals surface area contributed by atoms with Crippen LogP contribution in [-0.2, 0) is 6.18 Å². The SMILES string of the molecule is Cc1ccc(Br)c2nc(C(F)(F)F)cc(Cl)c12. The molecule has 6 heteroatoms. The van der Waals surface area contributed by atoms with E-state index in [0.29, 0.717) is 9.86 Å². The molecular formula is C11H6BrClF3N. The fourth-order valence-corrected chi connectivity index (χ4v) is 2.33. The van der Waals surface area contributed by atoms with Gasteiger partial charge in [-0.15, -0.1) is 0 Å². The maximum atomic E-state index is 12.6. The van der Waals surface area contributed by atoms with Gasteiger partial charge in [0.2, 0.25) is 0 Å². The standard InChI is InChI=1S/C11H6BrClF3N/c1-5-2-3-6(12)10-9(5)7(13)4-8(17-10)11(14,15)16/h2-4H,1H3. The fraction of sp³-hybridized carbons (Fsp3) is 0.182. The van der Waals surface area contributed by atoms with Crippen molar-refractivity contribution in [2.24, 2.45) is 0 Å². The van der Waals surface area contributed by atoms with Crippen molar-refractivity contribution in [1.29, 1.82) is 0 Å². The highest BCUT2D eigenvalue weighted by Crippen LogP contribution is 2.36. The van der Waals surface area contributed by atoms with Crippen molar-refractivity contribution in [2.45, 2.75) is 13.1 Å². The third kappa shape index (κ3) is 2.26. The summed E-state index contributed by atoms with van der Waals surface area (Å²) in [4.78, 5) is 3.61. The molecule has 0 atom stereocenters. The number of hydrogen-bond donors (Lipinski definition) is 0. The lowest BCUT2D eigenvalue weighted by atomic mass is 10.1. The van der Waals surface area contributed by atoms with Gasteiger partial charge in [0, 0.05) is 9.86 Å². The molecule has 1 aromatic carbocycles. The molecule has 0 aliphatic rings. The van der Waals surface area contributed by atoms with Crippen molar-refractivity contribution < 1.29 is 13.2 Å². The first-order valence-corrected chi connectivity index (χ1v) is 5.80. The summed E-state index contributed by atoms with van der Waals surface area (Å²) < 4.78 is 38.3. The smallest absolute Gasteiger partial charge is 0.242 e. The lowest BCUT2D eigenvalue weighted by Gasteiger charge is -2.11. The molecule has 2 rings (SSSR count). The minimum Gasteiger partial charge on any atom is -0.242 e. The van der Waals surface area contributed by atoms with Crippen molar-refractivity contribution in [2.75, 3.05) is 0 Å². The monoisotopic (exact) mass is 323 g/mol. The molecule has 2 aromatic rings. The Labute approximate surface area is 109 Å². The molecule has 0 saturated carbocycles. The maximum Gasteiger partial charge on any atom is 0.433 e. The molecule has 0 unspecified atom stereocenters. The Balaban J connectivity index is 2.87. The average Bonchev–Trinajstić information content (AvgIpc) is 2.21. The highest BCUT2D eigenvalue weighted by Gasteiger charge is 2.33. The third-order valence-electron chi connectivity index (χ3n) is 2.36. The van der Waals surface area contributed by atoms with Crippen LogP contribution in [0.4, 0.5) is 13.2 Å². The van der Waals surface area contributed by atoms with Gasteiger partial charge in [-0.25, -0.2) is 4.98 Å². The number of rotatable bonds is 0. The van der Waals surface area contributed by atoms with E-state index in [1.54, 1.807) is 19.1 Å². The average molecular weight is 325 g/mol. The summed E-state index contributed by atoms with van der Waals surface area (Å²) in [6, 6.07) is 4.28. The lowest BCUT2D eigenvalue weighted by Crippen LogP contribution is -2.08. The number of nitrogens with zero attached hydrogens (tertiary/aromatic N) is 1. The third-order valence-corrected chi connectivity index (χ3v) is 3.30. The predicted molar refractivity (Wildman–Crippen MR) is 64.2 cm³/mol. The first-order chi connectivity index (χ1) is 7.80. The first kappa shape index (κ1) is 12.6. The number of benzene rings is 1. The van der Waals surface area contributed by atoms with E-state index in [0.717, 1.165) is 11.6 Å². The lowest BCUT2D eigenvalue weighted by molar-refractivity contribution is -0.140. The van der Waals surface area contributed by atoms with Gasteiger partial charge in [-0.2, -0.15) is 13.2 Å². The summed E-state index contributed by atoms with van der Waals surface area (Å²) in [6.45, 7) is 1.77. The Hall–Kier alpha value is -0.810. The van der Waals surface area contributed by atoms with Crippen molar-refractivity contribution in [3.8, 4) is 0 Å². The molecule has 0 fully saturated rings. The molecule has 90 valence electrons. The van der Waals surface area contributed by atoms with E-state index in [4.69, 9.17) is 11.6 Å². The zero-order valence-corrected chi connectivity index (χ0v) is 10.9. The largest absolute Gasteiger partial charge is 0.433 e. The molecule has 1 heterocycles. The van der Waals surface area contributed by atoms with Gasteiger partial charge in [0.15, 0.2) is 0 Å². The molecule has 0 saturated heterocycles. The van der Waals surface area contributed by atoms with Crippen molar-refractivity contribution in [3.05, 3.63) is 39.0 Å². The van der Waals surface area contributed by atoms with Gasteiger partial charge < -0.3 is 0 Å². The van der Waals surface area contributed by atoms with Crippen LogP contribution >= 0.6 is 27.5 Å². The summed E-state index contributed by atoms with van der Waals surface area (Å²) in [5.74, 6) is 0. The van der Waals surface area contributed by atoms with E-state index in [9.17, 15) is 13.2 Å². The first-order valence-electron chi connectivity index (χ1n) is 4.63. The van der Waals surface area contributed by atoms with Gasteiger partial charge in [0.25, 0.3) is 0 Å². The second-order valence-corrected chi connectivity index (χ2v) is 4.84. The van der Waals surface area contributed by atoms with Gasteiger partial charge >= 0.3 is 6.18 Å². The van der Waals surface area contributed by atoms with Crippen molar-refractivity contribution in [3.63, 3.8) is 0 Å². The highest BCUT2D eigenvalue weighted by molar-refractivity contribution is 9.10. The maximum absolute atomic E-state index is 12.6. The molecule has 17 heavy (non-hydrogen) atoms. The van der Waals surface area contributed by atoms with Crippen molar-refractivity contribution >= 4 is 38.4 Å². The Kier molecular flexibility index (Phi) is 3.08. The predicted octanol–water partition coefficient (Wildman–Crippen LogP) is 4.98. The molecule has 0 amide bonds. The second-order valence-electron chi connectivity index (χ2n) is 3.57. The van der Waals surface area contributed by atoms with Crippen LogP contribution in [0.3, 0.4) is 0 Å². The van der Waals surface area contributed by atoms with E-state index < -0.39 is 11.9 Å². The van der Waals surface area contributed by atoms with E-state index in [1.165, 1.54) is 0 Å². The normalized spacial score (nSPS) is 12.1. The van der Waals surface area contributed by atoms with Crippen LogP contribution in [0, 0.1) is 6.92 Å². The van der Waals surface area contributed by atoms with Gasteiger partial charge in [-0.1, -0.05) is 17.7 Å².